The Labute approximate surface area is 101 Å². The van der Waals surface area contributed by atoms with E-state index in [-0.39, 0.29) is 11.8 Å². The second kappa shape index (κ2) is 6.04. The van der Waals surface area contributed by atoms with Crippen molar-refractivity contribution in [1.29, 1.82) is 0 Å². The smallest absolute Gasteiger partial charge is 0.319 e. The van der Waals surface area contributed by atoms with Gasteiger partial charge < -0.3 is 4.74 Å². The summed E-state index contributed by atoms with van der Waals surface area (Å²) in [5.41, 5.74) is -0.932. The summed E-state index contributed by atoms with van der Waals surface area (Å²) >= 11 is 5.52. The van der Waals surface area contributed by atoms with Crippen molar-refractivity contribution in [3.8, 4) is 0 Å². The number of ketones is 1. The predicted octanol–water partition coefficient (Wildman–Crippen LogP) is 2.47. The van der Waals surface area contributed by atoms with E-state index in [2.05, 4.69) is 0 Å². The summed E-state index contributed by atoms with van der Waals surface area (Å²) in [5.74, 6) is 0.0227. The number of carbonyl (C=O) groups is 2. The number of ether oxygens (including phenoxy) is 1. The third kappa shape index (κ3) is 2.64. The highest BCUT2D eigenvalue weighted by Crippen LogP contribution is 2.39. The number of Topliss-reactive ketones (excluding diaryl/α,β-unsaturated/α-hetero) is 1. The summed E-state index contributed by atoms with van der Waals surface area (Å²) in [6.07, 6.45) is 5.82. The molecule has 0 spiro atoms. The lowest BCUT2D eigenvalue weighted by Crippen LogP contribution is -2.36. The summed E-state index contributed by atoms with van der Waals surface area (Å²) in [5, 5.41) is 0. The Morgan fingerprint density at radius 2 is 2.31 bits per heavy atom. The van der Waals surface area contributed by atoms with Gasteiger partial charge in [-0.2, -0.15) is 0 Å². The third-order valence-corrected chi connectivity index (χ3v) is 3.11. The first-order valence-electron chi connectivity index (χ1n) is 5.59. The molecule has 1 aliphatic rings. The van der Waals surface area contributed by atoms with Crippen molar-refractivity contribution in [3.05, 3.63) is 12.2 Å². The minimum Gasteiger partial charge on any atom is -0.465 e. The fourth-order valence-corrected chi connectivity index (χ4v) is 2.19. The lowest BCUT2D eigenvalue weighted by Gasteiger charge is -2.23. The maximum atomic E-state index is 11.9. The van der Waals surface area contributed by atoms with Gasteiger partial charge >= 0.3 is 5.97 Å². The van der Waals surface area contributed by atoms with Crippen LogP contribution in [0.5, 0.6) is 0 Å². The molecule has 1 rings (SSSR count). The fourth-order valence-electron chi connectivity index (χ4n) is 2.06. The number of carbonyl (C=O) groups excluding carboxylic acids is 2. The van der Waals surface area contributed by atoms with Gasteiger partial charge in [-0.15, -0.1) is 11.6 Å². The average Bonchev–Trinajstić information content (AvgIpc) is 2.62. The van der Waals surface area contributed by atoms with Crippen molar-refractivity contribution in [2.75, 3.05) is 12.5 Å². The first-order chi connectivity index (χ1) is 7.67. The van der Waals surface area contributed by atoms with E-state index < -0.39 is 5.41 Å². The molecule has 0 bridgehead atoms. The number of hydrogen-bond acceptors (Lipinski definition) is 3. The normalized spacial score (nSPS) is 25.2. The molecule has 1 unspecified atom stereocenters. The standard InChI is InChI=1S/C12H17ClO3/c1-2-16-11(15)12(7-3-4-9-13)8-5-6-10(12)14/h3-4H,2,5-9H2,1H3/b4-3-. The van der Waals surface area contributed by atoms with E-state index in [1.807, 2.05) is 0 Å². The van der Waals surface area contributed by atoms with Crippen molar-refractivity contribution in [2.45, 2.75) is 32.6 Å². The van der Waals surface area contributed by atoms with Gasteiger partial charge in [0.15, 0.2) is 5.78 Å². The van der Waals surface area contributed by atoms with Gasteiger partial charge in [0.1, 0.15) is 5.41 Å². The second-order valence-corrected chi connectivity index (χ2v) is 4.22. The molecule has 0 radical (unpaired) electrons. The molecule has 4 heteroatoms. The van der Waals surface area contributed by atoms with Gasteiger partial charge in [-0.25, -0.2) is 0 Å². The molecule has 0 amide bonds. The summed E-state index contributed by atoms with van der Waals surface area (Å²) in [7, 11) is 0. The molecule has 0 aliphatic heterocycles. The molecule has 0 heterocycles. The van der Waals surface area contributed by atoms with E-state index >= 15 is 0 Å². The van der Waals surface area contributed by atoms with Crippen LogP contribution in [0, 0.1) is 5.41 Å². The quantitative estimate of drug-likeness (QED) is 0.323. The van der Waals surface area contributed by atoms with Gasteiger partial charge in [0.2, 0.25) is 0 Å². The molecule has 1 saturated carbocycles. The lowest BCUT2D eigenvalue weighted by molar-refractivity contribution is -0.158. The molecule has 90 valence electrons. The molecular weight excluding hydrogens is 228 g/mol. The Morgan fingerprint density at radius 1 is 1.56 bits per heavy atom. The third-order valence-electron chi connectivity index (χ3n) is 2.93. The highest BCUT2D eigenvalue weighted by molar-refractivity contribution is 6.18. The van der Waals surface area contributed by atoms with Crippen LogP contribution in [0.3, 0.4) is 0 Å². The van der Waals surface area contributed by atoms with Crippen LogP contribution >= 0.6 is 11.6 Å². The van der Waals surface area contributed by atoms with Crippen LogP contribution in [0.1, 0.15) is 32.6 Å². The molecule has 0 aromatic carbocycles. The zero-order valence-corrected chi connectivity index (χ0v) is 10.3. The molecule has 0 aromatic heterocycles. The molecule has 1 atom stereocenters. The Bertz CT molecular complexity index is 299. The Kier molecular flexibility index (Phi) is 5.00. The first kappa shape index (κ1) is 13.2. The van der Waals surface area contributed by atoms with Crippen molar-refractivity contribution < 1.29 is 14.3 Å². The lowest BCUT2D eigenvalue weighted by atomic mass is 9.81. The summed E-state index contributed by atoms with van der Waals surface area (Å²) in [4.78, 5) is 23.7. The number of hydrogen-bond donors (Lipinski definition) is 0. The van der Waals surface area contributed by atoms with Gasteiger partial charge in [-0.3, -0.25) is 9.59 Å². The molecule has 0 N–H and O–H groups in total. The maximum Gasteiger partial charge on any atom is 0.319 e. The number of halogens is 1. The van der Waals surface area contributed by atoms with Crippen LogP contribution in [0.15, 0.2) is 12.2 Å². The van der Waals surface area contributed by atoms with Crippen molar-refractivity contribution in [2.24, 2.45) is 5.41 Å². The minimum atomic E-state index is -0.932. The molecule has 16 heavy (non-hydrogen) atoms. The van der Waals surface area contributed by atoms with E-state index in [1.165, 1.54) is 0 Å². The maximum absolute atomic E-state index is 11.9. The topological polar surface area (TPSA) is 43.4 Å². The zero-order valence-electron chi connectivity index (χ0n) is 9.50. The highest BCUT2D eigenvalue weighted by atomic mass is 35.5. The highest BCUT2D eigenvalue weighted by Gasteiger charge is 2.48. The number of esters is 1. The Balaban J connectivity index is 2.80. The van der Waals surface area contributed by atoms with Gasteiger partial charge in [0.25, 0.3) is 0 Å². The van der Waals surface area contributed by atoms with Crippen molar-refractivity contribution in [1.82, 2.24) is 0 Å². The van der Waals surface area contributed by atoms with Gasteiger partial charge in [0, 0.05) is 12.3 Å². The molecule has 3 nitrogen and oxygen atoms in total. The van der Waals surface area contributed by atoms with Crippen LogP contribution in [0.2, 0.25) is 0 Å². The second-order valence-electron chi connectivity index (χ2n) is 3.91. The molecule has 0 saturated heterocycles. The monoisotopic (exact) mass is 244 g/mol. The van der Waals surface area contributed by atoms with Crippen LogP contribution < -0.4 is 0 Å². The number of allylic oxidation sites excluding steroid dienone is 2. The summed E-state index contributed by atoms with van der Waals surface area (Å²) in [6.45, 7) is 2.06. The van der Waals surface area contributed by atoms with Gasteiger partial charge in [-0.05, 0) is 26.2 Å². The SMILES string of the molecule is CCOC(=O)C1(C/C=C\CCl)CCCC1=O. The average molecular weight is 245 g/mol. The molecule has 1 aliphatic carbocycles. The van der Waals surface area contributed by atoms with E-state index in [1.54, 1.807) is 19.1 Å². The van der Waals surface area contributed by atoms with Gasteiger partial charge in [0.05, 0.1) is 6.61 Å². The van der Waals surface area contributed by atoms with E-state index in [9.17, 15) is 9.59 Å². The molecule has 0 aromatic rings. The summed E-state index contributed by atoms with van der Waals surface area (Å²) < 4.78 is 5.00. The fraction of sp³-hybridized carbons (Fsp3) is 0.667. The predicted molar refractivity (Wildman–Crippen MR) is 62.4 cm³/mol. The van der Waals surface area contributed by atoms with Crippen LogP contribution in [0.4, 0.5) is 0 Å². The van der Waals surface area contributed by atoms with E-state index in [0.29, 0.717) is 31.7 Å². The molecule has 1 fully saturated rings. The van der Waals surface area contributed by atoms with E-state index in [0.717, 1.165) is 6.42 Å². The largest absolute Gasteiger partial charge is 0.465 e. The van der Waals surface area contributed by atoms with Crippen LogP contribution in [-0.4, -0.2) is 24.2 Å². The van der Waals surface area contributed by atoms with Crippen LogP contribution in [-0.2, 0) is 14.3 Å². The van der Waals surface area contributed by atoms with E-state index in [4.69, 9.17) is 16.3 Å². The minimum absolute atomic E-state index is 0.00479. The van der Waals surface area contributed by atoms with Crippen LogP contribution in [0.25, 0.3) is 0 Å². The Hall–Kier alpha value is -0.830. The number of alkyl halides is 1. The zero-order chi connectivity index (χ0) is 12.0. The molecular formula is C12H17ClO3. The number of rotatable bonds is 5. The Morgan fingerprint density at radius 3 is 2.81 bits per heavy atom. The van der Waals surface area contributed by atoms with Gasteiger partial charge in [-0.1, -0.05) is 12.2 Å². The van der Waals surface area contributed by atoms with Crippen molar-refractivity contribution in [3.63, 3.8) is 0 Å². The summed E-state index contributed by atoms with van der Waals surface area (Å²) in [6, 6.07) is 0. The van der Waals surface area contributed by atoms with Crippen molar-refractivity contribution >= 4 is 23.4 Å². The first-order valence-corrected chi connectivity index (χ1v) is 6.12.